The Morgan fingerprint density at radius 3 is 2.11 bits per heavy atom. The maximum absolute atomic E-state index is 13.4. The zero-order valence-electron chi connectivity index (χ0n) is 20.5. The minimum absolute atomic E-state index is 0.0154. The third kappa shape index (κ3) is 7.57. The van der Waals surface area contributed by atoms with Crippen LogP contribution in [-0.4, -0.2) is 75.4 Å². The summed E-state index contributed by atoms with van der Waals surface area (Å²) in [5, 5.41) is 27.7. The van der Waals surface area contributed by atoms with Crippen LogP contribution in [0, 0.1) is 0 Å². The lowest BCUT2D eigenvalue weighted by atomic mass is 10.0. The molecule has 0 saturated heterocycles. The van der Waals surface area contributed by atoms with Gasteiger partial charge in [-0.3, -0.25) is 14.4 Å². The summed E-state index contributed by atoms with van der Waals surface area (Å²) in [5.41, 5.74) is 7.87. The summed E-state index contributed by atoms with van der Waals surface area (Å²) in [4.78, 5) is 53.5. The Balaban J connectivity index is 1.83. The van der Waals surface area contributed by atoms with Crippen molar-refractivity contribution in [1.29, 1.82) is 0 Å². The first kappa shape index (κ1) is 28.7. The van der Waals surface area contributed by atoms with Crippen LogP contribution in [0.25, 0.3) is 10.9 Å². The Bertz CT molecular complexity index is 1270. The number of aliphatic hydroxyl groups excluding tert-OH is 1. The number of para-hydroxylation sites is 1. The molecule has 0 fully saturated rings. The molecular weight excluding hydrogens is 510 g/mol. The number of aromatic amines is 1. The zero-order valence-corrected chi connectivity index (χ0v) is 21.4. The minimum atomic E-state index is -1.38. The quantitative estimate of drug-likeness (QED) is 0.137. The van der Waals surface area contributed by atoms with E-state index in [9.17, 15) is 29.4 Å². The van der Waals surface area contributed by atoms with Crippen LogP contribution >= 0.6 is 12.6 Å². The Hall–Kier alpha value is -3.87. The van der Waals surface area contributed by atoms with Crippen LogP contribution in [0.15, 0.2) is 60.8 Å². The zero-order chi connectivity index (χ0) is 27.7. The first-order valence-electron chi connectivity index (χ1n) is 11.9. The standard InChI is InChI=1S/C26H31N5O6S/c27-18(14-38)23(33)31-22(13-32)25(35)29-20(11-16-12-28-19-9-5-4-8-17(16)19)24(34)30-21(26(36)37)10-15-6-2-1-3-7-15/h1-9,12,18,20-22,28,32,38H,10-11,13-14,27H2,(H,29,35)(H,30,34)(H,31,33)(H,36,37). The van der Waals surface area contributed by atoms with Crippen molar-refractivity contribution >= 4 is 47.2 Å². The summed E-state index contributed by atoms with van der Waals surface area (Å²) in [6.45, 7) is -0.746. The molecule has 0 radical (unpaired) electrons. The number of carbonyl (C=O) groups excluding carboxylic acids is 3. The van der Waals surface area contributed by atoms with Gasteiger partial charge in [-0.25, -0.2) is 4.79 Å². The second-order valence-electron chi connectivity index (χ2n) is 8.75. The van der Waals surface area contributed by atoms with Gasteiger partial charge in [0.25, 0.3) is 0 Å². The van der Waals surface area contributed by atoms with Crippen molar-refractivity contribution in [1.82, 2.24) is 20.9 Å². The van der Waals surface area contributed by atoms with E-state index in [2.05, 4.69) is 33.6 Å². The van der Waals surface area contributed by atoms with Crippen LogP contribution in [0.1, 0.15) is 11.1 Å². The lowest BCUT2D eigenvalue weighted by Gasteiger charge is -2.24. The number of rotatable bonds is 13. The van der Waals surface area contributed by atoms with Crippen molar-refractivity contribution in [2.24, 2.45) is 5.73 Å². The van der Waals surface area contributed by atoms with Crippen LogP contribution in [0.3, 0.4) is 0 Å². The maximum atomic E-state index is 13.4. The van der Waals surface area contributed by atoms with Gasteiger partial charge in [0.2, 0.25) is 17.7 Å². The average molecular weight is 542 g/mol. The Morgan fingerprint density at radius 2 is 1.45 bits per heavy atom. The Kier molecular flexibility index (Phi) is 10.3. The third-order valence-electron chi connectivity index (χ3n) is 5.98. The monoisotopic (exact) mass is 541 g/mol. The molecule has 3 rings (SSSR count). The van der Waals surface area contributed by atoms with Gasteiger partial charge in [-0.2, -0.15) is 12.6 Å². The van der Waals surface area contributed by atoms with E-state index in [0.29, 0.717) is 11.1 Å². The number of H-pyrrole nitrogens is 1. The minimum Gasteiger partial charge on any atom is -0.480 e. The number of hydrogen-bond donors (Lipinski definition) is 8. The molecule has 3 amide bonds. The molecule has 1 heterocycles. The molecule has 8 N–H and O–H groups in total. The Labute approximate surface area is 224 Å². The van der Waals surface area contributed by atoms with Crippen LogP contribution < -0.4 is 21.7 Å². The molecule has 11 nitrogen and oxygen atoms in total. The number of fused-ring (bicyclic) bond motifs is 1. The van der Waals surface area contributed by atoms with Crippen molar-refractivity contribution in [2.75, 3.05) is 12.4 Å². The number of aliphatic hydroxyl groups is 1. The van der Waals surface area contributed by atoms with E-state index < -0.39 is 54.5 Å². The van der Waals surface area contributed by atoms with Gasteiger partial charge in [-0.15, -0.1) is 0 Å². The maximum Gasteiger partial charge on any atom is 0.326 e. The molecule has 4 atom stereocenters. The fourth-order valence-electron chi connectivity index (χ4n) is 3.88. The SMILES string of the molecule is NC(CS)C(=O)NC(CO)C(=O)NC(Cc1c[nH]c2ccccc12)C(=O)NC(Cc1ccccc1)C(=O)O. The van der Waals surface area contributed by atoms with Crippen LogP contribution in [0.4, 0.5) is 0 Å². The highest BCUT2D eigenvalue weighted by molar-refractivity contribution is 7.80. The highest BCUT2D eigenvalue weighted by Crippen LogP contribution is 2.19. The molecular formula is C26H31N5O6S. The molecule has 0 aliphatic heterocycles. The predicted octanol–water partition coefficient (Wildman–Crippen LogP) is -0.258. The number of carboxylic acids is 1. The molecule has 38 heavy (non-hydrogen) atoms. The number of nitrogens with two attached hydrogens (primary N) is 1. The molecule has 12 heteroatoms. The van der Waals surface area contributed by atoms with Crippen molar-refractivity contribution in [2.45, 2.75) is 37.0 Å². The number of thiol groups is 1. The summed E-state index contributed by atoms with van der Waals surface area (Å²) in [5.74, 6) is -3.47. The summed E-state index contributed by atoms with van der Waals surface area (Å²) in [6, 6.07) is 11.3. The van der Waals surface area contributed by atoms with Gasteiger partial charge in [0, 0.05) is 35.7 Å². The Morgan fingerprint density at radius 1 is 0.842 bits per heavy atom. The summed E-state index contributed by atoms with van der Waals surface area (Å²) < 4.78 is 0. The van der Waals surface area contributed by atoms with Gasteiger partial charge >= 0.3 is 5.97 Å². The average Bonchev–Trinajstić information content (AvgIpc) is 3.33. The number of carboxylic acid groups (broad SMARTS) is 1. The topological polar surface area (TPSA) is 187 Å². The first-order valence-corrected chi connectivity index (χ1v) is 12.6. The number of amides is 3. The van der Waals surface area contributed by atoms with Crippen molar-refractivity contribution in [3.8, 4) is 0 Å². The first-order chi connectivity index (χ1) is 18.2. The van der Waals surface area contributed by atoms with E-state index in [1.807, 2.05) is 24.3 Å². The summed E-state index contributed by atoms with van der Waals surface area (Å²) in [6.07, 6.45) is 1.75. The van der Waals surface area contributed by atoms with Gasteiger partial charge in [0.15, 0.2) is 0 Å². The summed E-state index contributed by atoms with van der Waals surface area (Å²) >= 11 is 3.95. The van der Waals surface area contributed by atoms with Gasteiger partial charge in [0.1, 0.15) is 18.1 Å². The van der Waals surface area contributed by atoms with Gasteiger partial charge < -0.3 is 36.9 Å². The number of carbonyl (C=O) groups is 4. The number of aliphatic carboxylic acids is 1. The molecule has 0 aliphatic rings. The number of aromatic nitrogens is 1. The van der Waals surface area contributed by atoms with E-state index in [4.69, 9.17) is 5.73 Å². The number of hydrogen-bond acceptors (Lipinski definition) is 7. The van der Waals surface area contributed by atoms with Crippen LogP contribution in [0.5, 0.6) is 0 Å². The van der Waals surface area contributed by atoms with Gasteiger partial charge in [-0.1, -0.05) is 48.5 Å². The van der Waals surface area contributed by atoms with E-state index >= 15 is 0 Å². The molecule has 1 aromatic heterocycles. The van der Waals surface area contributed by atoms with Gasteiger partial charge in [-0.05, 0) is 17.2 Å². The molecule has 0 aliphatic carbocycles. The second kappa shape index (κ2) is 13.6. The van der Waals surface area contributed by atoms with E-state index in [-0.39, 0.29) is 18.6 Å². The van der Waals surface area contributed by atoms with Gasteiger partial charge in [0.05, 0.1) is 12.6 Å². The van der Waals surface area contributed by atoms with E-state index in [0.717, 1.165) is 10.9 Å². The fourth-order valence-corrected chi connectivity index (χ4v) is 4.05. The molecule has 0 bridgehead atoms. The van der Waals surface area contributed by atoms with Crippen LogP contribution in [0.2, 0.25) is 0 Å². The van der Waals surface area contributed by atoms with Crippen molar-refractivity contribution in [3.63, 3.8) is 0 Å². The highest BCUT2D eigenvalue weighted by Gasteiger charge is 2.30. The highest BCUT2D eigenvalue weighted by atomic mass is 32.1. The van der Waals surface area contributed by atoms with Crippen molar-refractivity contribution < 1.29 is 29.4 Å². The number of nitrogens with one attached hydrogen (secondary N) is 4. The van der Waals surface area contributed by atoms with E-state index in [1.54, 1.807) is 36.5 Å². The lowest BCUT2D eigenvalue weighted by molar-refractivity contribution is -0.142. The second-order valence-corrected chi connectivity index (χ2v) is 9.11. The molecule has 4 unspecified atom stereocenters. The summed E-state index contributed by atoms with van der Waals surface area (Å²) in [7, 11) is 0. The largest absolute Gasteiger partial charge is 0.480 e. The lowest BCUT2D eigenvalue weighted by Crippen LogP contribution is -2.58. The molecule has 3 aromatic rings. The molecule has 202 valence electrons. The third-order valence-corrected chi connectivity index (χ3v) is 6.37. The van der Waals surface area contributed by atoms with Crippen LogP contribution in [-0.2, 0) is 32.0 Å². The molecule has 0 saturated carbocycles. The van der Waals surface area contributed by atoms with Crippen molar-refractivity contribution in [3.05, 3.63) is 71.9 Å². The predicted molar refractivity (Wildman–Crippen MR) is 144 cm³/mol. The smallest absolute Gasteiger partial charge is 0.326 e. The normalized spacial score (nSPS) is 14.2. The van der Waals surface area contributed by atoms with E-state index in [1.165, 1.54) is 0 Å². The molecule has 0 spiro atoms. The molecule has 2 aromatic carbocycles. The fraction of sp³-hybridized carbons (Fsp3) is 0.308. The number of benzene rings is 2.